The van der Waals surface area contributed by atoms with Gasteiger partial charge in [0.05, 0.1) is 11.8 Å². The summed E-state index contributed by atoms with van der Waals surface area (Å²) in [6, 6.07) is 15.6. The molecule has 3 heterocycles. The lowest BCUT2D eigenvalue weighted by Gasteiger charge is -2.34. The minimum atomic E-state index is -0.283. The van der Waals surface area contributed by atoms with Gasteiger partial charge in [-0.15, -0.1) is 0 Å². The Bertz CT molecular complexity index is 1090. The van der Waals surface area contributed by atoms with Crippen LogP contribution in [0.15, 0.2) is 60.9 Å². The zero-order chi connectivity index (χ0) is 22.3. The molecule has 1 saturated heterocycles. The summed E-state index contributed by atoms with van der Waals surface area (Å²) in [7, 11) is 0. The number of nitrogens with one attached hydrogen (secondary N) is 3. The standard InChI is InChI=1S/C24H27N7O/c1-17-12-19(9-10-26-17)28-22-15-27-23(13-18(22)14-25)30-24(32)29-20-6-5-11-31(16-20)21-7-3-2-4-8-21/h2-4,7-10,12-15,20,25H,5-6,11,16H2,1H3,(H,26,28)(H2,27,29,30,32)/p+1. The van der Waals surface area contributed by atoms with E-state index < -0.39 is 0 Å². The van der Waals surface area contributed by atoms with Crippen LogP contribution in [0, 0.1) is 12.3 Å². The summed E-state index contributed by atoms with van der Waals surface area (Å²) in [5.74, 6) is 0.416. The number of para-hydroxylation sites is 1. The van der Waals surface area contributed by atoms with Crippen molar-refractivity contribution in [2.75, 3.05) is 23.3 Å². The van der Waals surface area contributed by atoms with E-state index in [1.807, 2.05) is 42.6 Å². The molecule has 164 valence electrons. The Morgan fingerprint density at radius 2 is 2.06 bits per heavy atom. The Morgan fingerprint density at radius 3 is 2.84 bits per heavy atom. The number of aryl methyl sites for hydroxylation is 1. The number of urea groups is 1. The van der Waals surface area contributed by atoms with Crippen LogP contribution in [0.3, 0.4) is 0 Å². The molecule has 3 aromatic rings. The van der Waals surface area contributed by atoms with Gasteiger partial charge in [-0.1, -0.05) is 18.2 Å². The third kappa shape index (κ3) is 5.47. The normalized spacial score (nSPS) is 15.8. The Hall–Kier alpha value is -3.78. The second kappa shape index (κ2) is 10.0. The number of quaternary nitrogens is 1. The van der Waals surface area contributed by atoms with E-state index in [1.165, 1.54) is 11.9 Å². The lowest BCUT2D eigenvalue weighted by Crippen LogP contribution is -2.71. The first-order chi connectivity index (χ1) is 15.6. The highest BCUT2D eigenvalue weighted by Gasteiger charge is 2.22. The van der Waals surface area contributed by atoms with Crippen LogP contribution in [0.1, 0.15) is 24.1 Å². The second-order valence-electron chi connectivity index (χ2n) is 7.94. The van der Waals surface area contributed by atoms with Gasteiger partial charge in [-0.05, 0) is 38.0 Å². The summed E-state index contributed by atoms with van der Waals surface area (Å²) < 4.78 is 0. The highest BCUT2D eigenvalue weighted by Crippen LogP contribution is 2.20. The first-order valence-electron chi connectivity index (χ1n) is 10.8. The van der Waals surface area contributed by atoms with E-state index in [1.54, 1.807) is 18.5 Å². The fourth-order valence-corrected chi connectivity index (χ4v) is 3.94. The predicted molar refractivity (Wildman–Crippen MR) is 126 cm³/mol. The molecular weight excluding hydrogens is 402 g/mol. The quantitative estimate of drug-likeness (QED) is 0.450. The van der Waals surface area contributed by atoms with Crippen LogP contribution >= 0.6 is 0 Å². The van der Waals surface area contributed by atoms with Gasteiger partial charge in [0.15, 0.2) is 5.69 Å². The molecule has 0 bridgehead atoms. The molecule has 5 N–H and O–H groups in total. The number of amides is 2. The molecule has 0 radical (unpaired) electrons. The molecule has 1 atom stereocenters. The van der Waals surface area contributed by atoms with Crippen LogP contribution in [-0.2, 0) is 0 Å². The van der Waals surface area contributed by atoms with Crippen molar-refractivity contribution in [2.45, 2.75) is 25.8 Å². The maximum absolute atomic E-state index is 12.6. The van der Waals surface area contributed by atoms with Gasteiger partial charge < -0.3 is 15.6 Å². The number of nitrogens with zero attached hydrogens (tertiary/aromatic N) is 3. The summed E-state index contributed by atoms with van der Waals surface area (Å²) >= 11 is 0. The zero-order valence-electron chi connectivity index (χ0n) is 18.1. The van der Waals surface area contributed by atoms with Crippen molar-refractivity contribution in [1.82, 2.24) is 15.3 Å². The molecule has 1 aliphatic rings. The molecule has 0 spiro atoms. The smallest absolute Gasteiger partial charge is 0.320 e. The summed E-state index contributed by atoms with van der Waals surface area (Å²) in [5.41, 5.74) is 4.57. The number of anilines is 2. The van der Waals surface area contributed by atoms with Crippen LogP contribution < -0.4 is 20.9 Å². The maximum atomic E-state index is 12.6. The average Bonchev–Trinajstić information content (AvgIpc) is 2.81. The molecule has 8 nitrogen and oxygen atoms in total. The topological polar surface area (TPSA) is 111 Å². The molecular formula is C24H28N7O+. The van der Waals surface area contributed by atoms with Gasteiger partial charge in [0, 0.05) is 55.1 Å². The van der Waals surface area contributed by atoms with E-state index in [9.17, 15) is 4.79 Å². The van der Waals surface area contributed by atoms with Crippen molar-refractivity contribution in [3.05, 3.63) is 72.2 Å². The lowest BCUT2D eigenvalue weighted by atomic mass is 10.1. The van der Waals surface area contributed by atoms with Gasteiger partial charge in [-0.25, -0.2) is 9.78 Å². The molecule has 1 aromatic carbocycles. The number of aromatic nitrogens is 2. The molecule has 32 heavy (non-hydrogen) atoms. The fourth-order valence-electron chi connectivity index (χ4n) is 3.94. The monoisotopic (exact) mass is 430 g/mol. The van der Waals surface area contributed by atoms with Crippen molar-refractivity contribution in [1.29, 1.82) is 5.41 Å². The number of benzene rings is 1. The van der Waals surface area contributed by atoms with Crippen molar-refractivity contribution in [3.63, 3.8) is 0 Å². The van der Waals surface area contributed by atoms with E-state index >= 15 is 0 Å². The lowest BCUT2D eigenvalue weighted by molar-refractivity contribution is -0.479. The summed E-state index contributed by atoms with van der Waals surface area (Å²) in [6.07, 6.45) is 6.65. The number of hydrogen-bond acceptors (Lipinski definition) is 5. The third-order valence-electron chi connectivity index (χ3n) is 5.49. The molecule has 1 fully saturated rings. The molecule has 2 aromatic heterocycles. The van der Waals surface area contributed by atoms with Gasteiger partial charge in [0.25, 0.3) is 0 Å². The van der Waals surface area contributed by atoms with E-state index in [0.717, 1.165) is 43.0 Å². The van der Waals surface area contributed by atoms with Crippen molar-refractivity contribution < 1.29 is 10.1 Å². The number of carbonyl (C=O) groups is 1. The van der Waals surface area contributed by atoms with Crippen LogP contribution in [0.25, 0.3) is 0 Å². The van der Waals surface area contributed by atoms with Crippen LogP contribution in [0.4, 0.5) is 27.7 Å². The number of rotatable bonds is 6. The molecule has 0 saturated carbocycles. The molecule has 1 aliphatic heterocycles. The SMILES string of the molecule is Cc1cc([NH2+]c2cnc(NC(=O)NC3CCCN(c4ccccc4)C3)cc2C=N)ccn1. The first kappa shape index (κ1) is 21.5. The predicted octanol–water partition coefficient (Wildman–Crippen LogP) is 3.10. The molecule has 0 aliphatic carbocycles. The number of hydrogen-bond donors (Lipinski definition) is 4. The first-order valence-corrected chi connectivity index (χ1v) is 10.8. The van der Waals surface area contributed by atoms with Crippen LogP contribution in [0.2, 0.25) is 0 Å². The molecule has 4 rings (SSSR count). The highest BCUT2D eigenvalue weighted by atomic mass is 16.2. The van der Waals surface area contributed by atoms with Crippen molar-refractivity contribution in [3.8, 4) is 0 Å². The van der Waals surface area contributed by atoms with Gasteiger partial charge in [-0.3, -0.25) is 15.6 Å². The number of pyridine rings is 2. The fraction of sp³-hybridized carbons (Fsp3) is 0.250. The van der Waals surface area contributed by atoms with Crippen molar-refractivity contribution >= 4 is 35.1 Å². The molecule has 2 amide bonds. The zero-order valence-corrected chi connectivity index (χ0v) is 18.1. The van der Waals surface area contributed by atoms with E-state index in [2.05, 4.69) is 37.6 Å². The average molecular weight is 431 g/mol. The highest BCUT2D eigenvalue weighted by molar-refractivity contribution is 5.91. The Kier molecular flexibility index (Phi) is 6.72. The summed E-state index contributed by atoms with van der Waals surface area (Å²) in [4.78, 5) is 23.5. The van der Waals surface area contributed by atoms with Gasteiger partial charge in [-0.2, -0.15) is 0 Å². The van der Waals surface area contributed by atoms with Gasteiger partial charge >= 0.3 is 6.03 Å². The minimum absolute atomic E-state index is 0.0636. The largest absolute Gasteiger partial charge is 0.369 e. The number of piperidine rings is 1. The Morgan fingerprint density at radius 1 is 1.22 bits per heavy atom. The second-order valence-corrected chi connectivity index (χ2v) is 7.94. The van der Waals surface area contributed by atoms with E-state index in [-0.39, 0.29) is 12.1 Å². The third-order valence-corrected chi connectivity index (χ3v) is 5.49. The molecule has 8 heteroatoms. The summed E-state index contributed by atoms with van der Waals surface area (Å²) in [5, 5.41) is 15.6. The molecule has 1 unspecified atom stereocenters. The Labute approximate surface area is 187 Å². The number of carbonyl (C=O) groups excluding carboxylic acids is 1. The summed E-state index contributed by atoms with van der Waals surface area (Å²) in [6.45, 7) is 3.70. The maximum Gasteiger partial charge on any atom is 0.320 e. The Balaban J connectivity index is 1.37. The number of nitrogens with two attached hydrogens (primary N) is 1. The van der Waals surface area contributed by atoms with Gasteiger partial charge in [0.2, 0.25) is 0 Å². The minimum Gasteiger partial charge on any atom is -0.369 e. The van der Waals surface area contributed by atoms with E-state index in [0.29, 0.717) is 11.4 Å². The van der Waals surface area contributed by atoms with Crippen LogP contribution in [-0.4, -0.2) is 41.3 Å². The van der Waals surface area contributed by atoms with Crippen LogP contribution in [0.5, 0.6) is 0 Å². The van der Waals surface area contributed by atoms with E-state index in [4.69, 9.17) is 5.41 Å². The van der Waals surface area contributed by atoms with Gasteiger partial charge in [0.1, 0.15) is 11.5 Å². The van der Waals surface area contributed by atoms with Crippen molar-refractivity contribution in [2.24, 2.45) is 0 Å².